The number of hydrogen-bond donors (Lipinski definition) is 1. The number of likely N-dealkylation sites (tertiary alicyclic amines) is 1. The molecule has 0 aromatic heterocycles. The van der Waals surface area contributed by atoms with Gasteiger partial charge in [0.15, 0.2) is 0 Å². The van der Waals surface area contributed by atoms with E-state index in [1.807, 2.05) is 41.8 Å². The number of urea groups is 1. The molecule has 1 aromatic carbocycles. The number of carbonyl (C=O) groups excluding carboxylic acids is 2. The summed E-state index contributed by atoms with van der Waals surface area (Å²) in [4.78, 5) is 29.5. The van der Waals surface area contributed by atoms with Gasteiger partial charge in [0, 0.05) is 25.0 Å². The number of piperidine rings is 1. The highest BCUT2D eigenvalue weighted by atomic mass is 16.5. The Bertz CT molecular complexity index is 737. The molecule has 4 rings (SSSR count). The van der Waals surface area contributed by atoms with Crippen LogP contribution >= 0.6 is 0 Å². The zero-order valence-electron chi connectivity index (χ0n) is 16.9. The van der Waals surface area contributed by atoms with Gasteiger partial charge in [0.25, 0.3) is 0 Å². The summed E-state index contributed by atoms with van der Waals surface area (Å²) in [6.07, 6.45) is 6.10. The van der Waals surface area contributed by atoms with Gasteiger partial charge in [0.2, 0.25) is 5.91 Å². The van der Waals surface area contributed by atoms with E-state index in [9.17, 15) is 9.59 Å². The first-order chi connectivity index (χ1) is 13.5. The van der Waals surface area contributed by atoms with E-state index in [0.29, 0.717) is 25.7 Å². The second-order valence-corrected chi connectivity index (χ2v) is 8.54. The van der Waals surface area contributed by atoms with Gasteiger partial charge in [-0.05, 0) is 57.2 Å². The van der Waals surface area contributed by atoms with Gasteiger partial charge in [-0.15, -0.1) is 0 Å². The zero-order valence-corrected chi connectivity index (χ0v) is 16.9. The van der Waals surface area contributed by atoms with Gasteiger partial charge < -0.3 is 15.0 Å². The molecule has 1 saturated heterocycles. The highest BCUT2D eigenvalue weighted by Crippen LogP contribution is 2.35. The number of amides is 3. The summed E-state index contributed by atoms with van der Waals surface area (Å²) in [5.74, 6) is 0.978. The first-order valence-electron chi connectivity index (χ1n) is 10.7. The Morgan fingerprint density at radius 1 is 1.11 bits per heavy atom. The fourth-order valence-electron chi connectivity index (χ4n) is 4.62. The maximum Gasteiger partial charge on any atom is 0.324 e. The lowest BCUT2D eigenvalue weighted by molar-refractivity contribution is -0.126. The molecule has 3 aliphatic rings. The summed E-state index contributed by atoms with van der Waals surface area (Å²) < 4.78 is 5.90. The molecular formula is C22H31N3O3. The predicted molar refractivity (Wildman–Crippen MR) is 109 cm³/mol. The van der Waals surface area contributed by atoms with Crippen LogP contribution in [0, 0.1) is 12.8 Å². The van der Waals surface area contributed by atoms with Gasteiger partial charge in [0.1, 0.15) is 11.9 Å². The number of fused-ring (bicyclic) bond motifs is 1. The van der Waals surface area contributed by atoms with Crippen LogP contribution in [-0.2, 0) is 4.79 Å². The Balaban J connectivity index is 1.38. The quantitative estimate of drug-likeness (QED) is 0.848. The molecule has 2 fully saturated rings. The van der Waals surface area contributed by atoms with Crippen molar-refractivity contribution in [3.8, 4) is 5.75 Å². The average molecular weight is 386 g/mol. The molecule has 1 atom stereocenters. The van der Waals surface area contributed by atoms with E-state index in [1.165, 1.54) is 12.8 Å². The van der Waals surface area contributed by atoms with Crippen LogP contribution in [0.5, 0.6) is 5.75 Å². The minimum atomic E-state index is -0.0334. The summed E-state index contributed by atoms with van der Waals surface area (Å²) in [6, 6.07) is 6.35. The van der Waals surface area contributed by atoms with Gasteiger partial charge in [0.05, 0.1) is 12.2 Å². The number of aryl methyl sites for hydroxylation is 1. The number of benzene rings is 1. The molecule has 2 aliphatic heterocycles. The summed E-state index contributed by atoms with van der Waals surface area (Å²) in [5.41, 5.74) is 1.96. The predicted octanol–water partition coefficient (Wildman–Crippen LogP) is 3.47. The van der Waals surface area contributed by atoms with E-state index in [0.717, 1.165) is 42.7 Å². The van der Waals surface area contributed by atoms with Crippen LogP contribution in [0.2, 0.25) is 0 Å². The first kappa shape index (κ1) is 19.1. The monoisotopic (exact) mass is 385 g/mol. The van der Waals surface area contributed by atoms with E-state index in [1.54, 1.807) is 0 Å². The van der Waals surface area contributed by atoms with E-state index in [2.05, 4.69) is 5.32 Å². The normalized spacial score (nSPS) is 23.3. The van der Waals surface area contributed by atoms with Crippen molar-refractivity contribution < 1.29 is 14.3 Å². The van der Waals surface area contributed by atoms with E-state index in [-0.39, 0.29) is 24.0 Å². The molecule has 2 heterocycles. The average Bonchev–Trinajstić information content (AvgIpc) is 3.20. The van der Waals surface area contributed by atoms with Crippen LogP contribution in [-0.4, -0.2) is 48.6 Å². The van der Waals surface area contributed by atoms with Crippen molar-refractivity contribution in [2.75, 3.05) is 24.5 Å². The zero-order chi connectivity index (χ0) is 19.7. The third kappa shape index (κ3) is 3.96. The first-order valence-corrected chi connectivity index (χ1v) is 10.7. The number of nitrogens with one attached hydrogen (secondary N) is 1. The van der Waals surface area contributed by atoms with E-state index in [4.69, 9.17) is 4.74 Å². The Labute approximate surface area is 167 Å². The fourth-order valence-corrected chi connectivity index (χ4v) is 4.62. The fraction of sp³-hybridized carbons (Fsp3) is 0.636. The van der Waals surface area contributed by atoms with Gasteiger partial charge in [-0.3, -0.25) is 9.69 Å². The maximum absolute atomic E-state index is 13.2. The van der Waals surface area contributed by atoms with E-state index >= 15 is 0 Å². The summed E-state index contributed by atoms with van der Waals surface area (Å²) in [6.45, 7) is 5.83. The Morgan fingerprint density at radius 3 is 2.54 bits per heavy atom. The SMILES string of the molecule is Cc1ccc2c(c1)N(C(=O)N1CCC(C(=O)NC3CCCC3)CC1)CC(C)O2. The second-order valence-electron chi connectivity index (χ2n) is 8.54. The molecule has 6 nitrogen and oxygen atoms in total. The molecule has 28 heavy (non-hydrogen) atoms. The van der Waals surface area contributed by atoms with Crippen LogP contribution in [0.1, 0.15) is 51.0 Å². The highest BCUT2D eigenvalue weighted by molar-refractivity contribution is 5.94. The number of rotatable bonds is 2. The lowest BCUT2D eigenvalue weighted by Gasteiger charge is -2.39. The molecule has 0 radical (unpaired) electrons. The van der Waals surface area contributed by atoms with Crippen molar-refractivity contribution in [3.63, 3.8) is 0 Å². The molecule has 1 saturated carbocycles. The van der Waals surface area contributed by atoms with Crippen LogP contribution < -0.4 is 15.0 Å². The minimum absolute atomic E-state index is 0.0247. The van der Waals surface area contributed by atoms with Crippen molar-refractivity contribution in [2.45, 2.75) is 64.5 Å². The van der Waals surface area contributed by atoms with Crippen molar-refractivity contribution in [2.24, 2.45) is 5.92 Å². The van der Waals surface area contributed by atoms with Crippen LogP contribution in [0.3, 0.4) is 0 Å². The Kier molecular flexibility index (Phi) is 5.47. The lowest BCUT2D eigenvalue weighted by atomic mass is 9.95. The molecule has 1 aromatic rings. The number of carbonyl (C=O) groups is 2. The molecule has 0 bridgehead atoms. The number of hydrogen-bond acceptors (Lipinski definition) is 3. The second kappa shape index (κ2) is 8.02. The number of nitrogens with zero attached hydrogens (tertiary/aromatic N) is 2. The van der Waals surface area contributed by atoms with Gasteiger partial charge in [-0.2, -0.15) is 0 Å². The molecule has 1 aliphatic carbocycles. The summed E-state index contributed by atoms with van der Waals surface area (Å²) in [5, 5.41) is 3.21. The van der Waals surface area contributed by atoms with Crippen LogP contribution in [0.15, 0.2) is 18.2 Å². The molecule has 1 N–H and O–H groups in total. The summed E-state index contributed by atoms with van der Waals surface area (Å²) >= 11 is 0. The molecule has 6 heteroatoms. The van der Waals surface area contributed by atoms with Gasteiger partial charge in [-0.25, -0.2) is 4.79 Å². The maximum atomic E-state index is 13.2. The van der Waals surface area contributed by atoms with Gasteiger partial charge >= 0.3 is 6.03 Å². The largest absolute Gasteiger partial charge is 0.487 e. The molecule has 0 spiro atoms. The standard InChI is InChI=1S/C22H31N3O3/c1-15-7-8-20-19(13-15)25(14-16(2)28-20)22(27)24-11-9-17(10-12-24)21(26)23-18-5-3-4-6-18/h7-8,13,16-18H,3-6,9-12,14H2,1-2H3,(H,23,26). The van der Waals surface area contributed by atoms with Crippen molar-refractivity contribution in [3.05, 3.63) is 23.8 Å². The van der Waals surface area contributed by atoms with Crippen LogP contribution in [0.25, 0.3) is 0 Å². The molecular weight excluding hydrogens is 354 g/mol. The third-order valence-electron chi connectivity index (χ3n) is 6.24. The molecule has 152 valence electrons. The van der Waals surface area contributed by atoms with Gasteiger partial charge in [-0.1, -0.05) is 18.9 Å². The minimum Gasteiger partial charge on any atom is -0.487 e. The number of ether oxygens (including phenoxy) is 1. The van der Waals surface area contributed by atoms with Crippen molar-refractivity contribution in [1.29, 1.82) is 0 Å². The number of anilines is 1. The lowest BCUT2D eigenvalue weighted by Crippen LogP contribution is -2.52. The summed E-state index contributed by atoms with van der Waals surface area (Å²) in [7, 11) is 0. The smallest absolute Gasteiger partial charge is 0.324 e. The van der Waals surface area contributed by atoms with Crippen LogP contribution in [0.4, 0.5) is 10.5 Å². The van der Waals surface area contributed by atoms with Crippen molar-refractivity contribution in [1.82, 2.24) is 10.2 Å². The van der Waals surface area contributed by atoms with Crippen molar-refractivity contribution >= 4 is 17.6 Å². The topological polar surface area (TPSA) is 61.9 Å². The molecule has 1 unspecified atom stereocenters. The van der Waals surface area contributed by atoms with E-state index < -0.39 is 0 Å². The molecule has 3 amide bonds. The Morgan fingerprint density at radius 2 is 1.82 bits per heavy atom. The Hall–Kier alpha value is -2.24. The third-order valence-corrected chi connectivity index (χ3v) is 6.24. The highest BCUT2D eigenvalue weighted by Gasteiger charge is 2.34.